The second-order valence-corrected chi connectivity index (χ2v) is 6.56. The fourth-order valence-corrected chi connectivity index (χ4v) is 3.51. The molecular formula is C17H21FN6O2. The zero-order chi connectivity index (χ0) is 18.1. The molecule has 4 rings (SSSR count). The molecule has 26 heavy (non-hydrogen) atoms. The molecule has 0 saturated carbocycles. The first-order chi connectivity index (χ1) is 12.6. The van der Waals surface area contributed by atoms with Crippen LogP contribution in [0.4, 0.5) is 10.2 Å². The van der Waals surface area contributed by atoms with Crippen LogP contribution in [0.1, 0.15) is 6.42 Å². The summed E-state index contributed by atoms with van der Waals surface area (Å²) < 4.78 is 21.1. The maximum Gasteiger partial charge on any atom is 0.245 e. The van der Waals surface area contributed by atoms with Gasteiger partial charge in [0.2, 0.25) is 5.91 Å². The maximum absolute atomic E-state index is 14.1. The third-order valence-electron chi connectivity index (χ3n) is 4.89. The molecule has 4 heterocycles. The van der Waals surface area contributed by atoms with Crippen LogP contribution >= 0.6 is 0 Å². The molecule has 2 aliphatic heterocycles. The van der Waals surface area contributed by atoms with Crippen molar-refractivity contribution in [3.05, 3.63) is 24.4 Å². The first-order valence-corrected chi connectivity index (χ1v) is 8.73. The molecule has 0 aromatic carbocycles. The number of rotatable bonds is 3. The Kier molecular flexibility index (Phi) is 4.54. The number of morpholine rings is 1. The van der Waals surface area contributed by atoms with Crippen molar-refractivity contribution in [2.24, 2.45) is 7.05 Å². The van der Waals surface area contributed by atoms with Crippen molar-refractivity contribution < 1.29 is 13.9 Å². The Morgan fingerprint density at radius 2 is 2.04 bits per heavy atom. The Balaban J connectivity index is 1.55. The summed E-state index contributed by atoms with van der Waals surface area (Å²) in [5.74, 6) is 0.452. The lowest BCUT2D eigenvalue weighted by Gasteiger charge is -2.32. The molecule has 8 nitrogen and oxygen atoms in total. The average Bonchev–Trinajstić information content (AvgIpc) is 3.27. The van der Waals surface area contributed by atoms with Crippen molar-refractivity contribution in [2.75, 3.05) is 37.7 Å². The molecule has 0 radical (unpaired) electrons. The van der Waals surface area contributed by atoms with E-state index in [2.05, 4.69) is 15.3 Å². The summed E-state index contributed by atoms with van der Waals surface area (Å²) in [7, 11) is 1.83. The van der Waals surface area contributed by atoms with E-state index in [1.54, 1.807) is 26.7 Å². The zero-order valence-electron chi connectivity index (χ0n) is 14.6. The third kappa shape index (κ3) is 3.14. The molecule has 2 fully saturated rings. The summed E-state index contributed by atoms with van der Waals surface area (Å²) in [4.78, 5) is 16.3. The molecular weight excluding hydrogens is 339 g/mol. The molecule has 2 atom stereocenters. The fourth-order valence-electron chi connectivity index (χ4n) is 3.51. The molecule has 0 aliphatic carbocycles. The van der Waals surface area contributed by atoms with E-state index in [1.807, 2.05) is 19.2 Å². The fraction of sp³-hybridized carbons (Fsp3) is 0.529. The largest absolute Gasteiger partial charge is 0.378 e. The van der Waals surface area contributed by atoms with Gasteiger partial charge in [-0.05, 0) is 18.2 Å². The number of nitrogens with zero attached hydrogens (tertiary/aromatic N) is 6. The quantitative estimate of drug-likeness (QED) is 0.800. The standard InChI is InChI=1S/C17H21FN6O2/c1-22-14(4-5-19-22)13-2-3-16(21-20-13)24-11-12(18)10-15(24)17(25)23-6-8-26-9-7-23/h2-5,12,15H,6-11H2,1H3/t12-,15+/m1/s1. The number of carbonyl (C=O) groups is 1. The number of hydrogen-bond acceptors (Lipinski definition) is 6. The molecule has 9 heteroatoms. The van der Waals surface area contributed by atoms with Crippen LogP contribution in [0.15, 0.2) is 24.4 Å². The van der Waals surface area contributed by atoms with Gasteiger partial charge in [-0.15, -0.1) is 10.2 Å². The first-order valence-electron chi connectivity index (χ1n) is 8.73. The number of aromatic nitrogens is 4. The van der Waals surface area contributed by atoms with Crippen molar-refractivity contribution in [3.63, 3.8) is 0 Å². The lowest BCUT2D eigenvalue weighted by atomic mass is 10.1. The van der Waals surface area contributed by atoms with E-state index < -0.39 is 12.2 Å². The van der Waals surface area contributed by atoms with Gasteiger partial charge in [0.25, 0.3) is 0 Å². The van der Waals surface area contributed by atoms with Crippen LogP contribution in [0.25, 0.3) is 11.4 Å². The minimum atomic E-state index is -1.05. The van der Waals surface area contributed by atoms with E-state index >= 15 is 0 Å². The lowest BCUT2D eigenvalue weighted by Crippen LogP contribution is -2.50. The molecule has 138 valence electrons. The summed E-state index contributed by atoms with van der Waals surface area (Å²) in [5, 5.41) is 12.6. The molecule has 1 amide bonds. The molecule has 0 N–H and O–H groups in total. The molecule has 2 aliphatic rings. The monoisotopic (exact) mass is 360 g/mol. The predicted octanol–water partition coefficient (Wildman–Crippen LogP) is 0.653. The van der Waals surface area contributed by atoms with E-state index in [0.717, 1.165) is 5.69 Å². The van der Waals surface area contributed by atoms with Gasteiger partial charge in [0.1, 0.15) is 17.9 Å². The van der Waals surface area contributed by atoms with Crippen LogP contribution in [0.3, 0.4) is 0 Å². The van der Waals surface area contributed by atoms with Crippen molar-refractivity contribution >= 4 is 11.7 Å². The Hall–Kier alpha value is -2.55. The van der Waals surface area contributed by atoms with Crippen LogP contribution < -0.4 is 4.90 Å². The summed E-state index contributed by atoms with van der Waals surface area (Å²) in [5.41, 5.74) is 1.52. The van der Waals surface area contributed by atoms with Crippen molar-refractivity contribution in [2.45, 2.75) is 18.6 Å². The first kappa shape index (κ1) is 16.9. The van der Waals surface area contributed by atoms with Gasteiger partial charge in [-0.3, -0.25) is 9.48 Å². The summed E-state index contributed by atoms with van der Waals surface area (Å²) >= 11 is 0. The Labute approximate surface area is 150 Å². The summed E-state index contributed by atoms with van der Waals surface area (Å²) in [6.07, 6.45) is 0.820. The number of ether oxygens (including phenoxy) is 1. The van der Waals surface area contributed by atoms with Crippen LogP contribution in [0.2, 0.25) is 0 Å². The molecule has 0 unspecified atom stereocenters. The van der Waals surface area contributed by atoms with Crippen LogP contribution in [-0.4, -0.2) is 75.8 Å². The second kappa shape index (κ2) is 6.99. The predicted molar refractivity (Wildman–Crippen MR) is 92.3 cm³/mol. The third-order valence-corrected chi connectivity index (χ3v) is 4.89. The van der Waals surface area contributed by atoms with Crippen molar-refractivity contribution in [1.82, 2.24) is 24.9 Å². The zero-order valence-corrected chi connectivity index (χ0v) is 14.6. The van der Waals surface area contributed by atoms with Crippen LogP contribution in [-0.2, 0) is 16.6 Å². The molecule has 0 bridgehead atoms. The SMILES string of the molecule is Cn1nccc1-c1ccc(N2C[C@H](F)C[C@H]2C(=O)N2CCOCC2)nn1. The van der Waals surface area contributed by atoms with Gasteiger partial charge in [-0.1, -0.05) is 0 Å². The number of anilines is 1. The molecule has 0 spiro atoms. The van der Waals surface area contributed by atoms with Gasteiger partial charge in [-0.2, -0.15) is 5.10 Å². The number of amides is 1. The number of alkyl halides is 1. The number of aryl methyl sites for hydroxylation is 1. The Morgan fingerprint density at radius 1 is 1.23 bits per heavy atom. The highest BCUT2D eigenvalue weighted by Gasteiger charge is 2.40. The Morgan fingerprint density at radius 3 is 2.69 bits per heavy atom. The highest BCUT2D eigenvalue weighted by molar-refractivity contribution is 5.86. The Bertz CT molecular complexity index is 774. The van der Waals surface area contributed by atoms with Gasteiger partial charge in [0.05, 0.1) is 25.5 Å². The summed E-state index contributed by atoms with van der Waals surface area (Å²) in [6.45, 7) is 2.30. The van der Waals surface area contributed by atoms with Crippen molar-refractivity contribution in [3.8, 4) is 11.4 Å². The van der Waals surface area contributed by atoms with Gasteiger partial charge in [0.15, 0.2) is 5.82 Å². The minimum Gasteiger partial charge on any atom is -0.378 e. The van der Waals surface area contributed by atoms with Gasteiger partial charge in [0, 0.05) is 32.8 Å². The van der Waals surface area contributed by atoms with Crippen LogP contribution in [0.5, 0.6) is 0 Å². The summed E-state index contributed by atoms with van der Waals surface area (Å²) in [6, 6.07) is 4.91. The van der Waals surface area contributed by atoms with E-state index in [1.165, 1.54) is 0 Å². The molecule has 2 aromatic heterocycles. The van der Waals surface area contributed by atoms with E-state index in [4.69, 9.17) is 4.74 Å². The van der Waals surface area contributed by atoms with Crippen molar-refractivity contribution in [1.29, 1.82) is 0 Å². The average molecular weight is 360 g/mol. The normalized spacial score (nSPS) is 23.5. The van der Waals surface area contributed by atoms with E-state index in [0.29, 0.717) is 37.8 Å². The highest BCUT2D eigenvalue weighted by Crippen LogP contribution is 2.28. The topological polar surface area (TPSA) is 76.4 Å². The number of carbonyl (C=O) groups excluding carboxylic acids is 1. The maximum atomic E-state index is 14.1. The van der Waals surface area contributed by atoms with Gasteiger partial charge >= 0.3 is 0 Å². The molecule has 2 saturated heterocycles. The van der Waals surface area contributed by atoms with E-state index in [9.17, 15) is 9.18 Å². The van der Waals surface area contributed by atoms with Crippen LogP contribution in [0, 0.1) is 0 Å². The molecule has 2 aromatic rings. The highest BCUT2D eigenvalue weighted by atomic mass is 19.1. The lowest BCUT2D eigenvalue weighted by molar-refractivity contribution is -0.136. The van der Waals surface area contributed by atoms with Gasteiger partial charge in [-0.25, -0.2) is 4.39 Å². The van der Waals surface area contributed by atoms with Gasteiger partial charge < -0.3 is 14.5 Å². The minimum absolute atomic E-state index is 0.0639. The van der Waals surface area contributed by atoms with E-state index in [-0.39, 0.29) is 18.9 Å². The number of hydrogen-bond donors (Lipinski definition) is 0. The number of halogens is 1. The smallest absolute Gasteiger partial charge is 0.245 e. The second-order valence-electron chi connectivity index (χ2n) is 6.56.